The summed E-state index contributed by atoms with van der Waals surface area (Å²) in [5, 5.41) is 0. The summed E-state index contributed by atoms with van der Waals surface area (Å²) in [5.41, 5.74) is 4.65. The number of hydrogen-bond acceptors (Lipinski definition) is 0. The van der Waals surface area contributed by atoms with Crippen LogP contribution in [-0.2, 0) is 12.8 Å². The van der Waals surface area contributed by atoms with Gasteiger partial charge < -0.3 is 0 Å². The highest BCUT2D eigenvalue weighted by atomic mass is 127. The summed E-state index contributed by atoms with van der Waals surface area (Å²) < 4.78 is 1.50. The minimum absolute atomic E-state index is 0.881. The van der Waals surface area contributed by atoms with Crippen LogP contribution in [0.2, 0.25) is 0 Å². The SMILES string of the molecule is Cc1ccc2c(c1I)CCC(C)C2. The van der Waals surface area contributed by atoms with Crippen molar-refractivity contribution in [2.24, 2.45) is 5.92 Å². The van der Waals surface area contributed by atoms with Gasteiger partial charge in [-0.05, 0) is 71.4 Å². The van der Waals surface area contributed by atoms with Crippen molar-refractivity contribution >= 4 is 22.6 Å². The maximum atomic E-state index is 2.49. The lowest BCUT2D eigenvalue weighted by molar-refractivity contribution is 0.500. The number of hydrogen-bond donors (Lipinski definition) is 0. The summed E-state index contributed by atoms with van der Waals surface area (Å²) in [6, 6.07) is 4.58. The van der Waals surface area contributed by atoms with Crippen LogP contribution < -0.4 is 0 Å². The maximum Gasteiger partial charge on any atom is 0.0194 e. The van der Waals surface area contributed by atoms with Gasteiger partial charge in [-0.15, -0.1) is 0 Å². The van der Waals surface area contributed by atoms with Gasteiger partial charge in [-0.1, -0.05) is 19.1 Å². The van der Waals surface area contributed by atoms with Gasteiger partial charge in [0.2, 0.25) is 0 Å². The lowest BCUT2D eigenvalue weighted by atomic mass is 9.84. The van der Waals surface area contributed by atoms with E-state index in [0.29, 0.717) is 0 Å². The fourth-order valence-electron chi connectivity index (χ4n) is 2.11. The van der Waals surface area contributed by atoms with Gasteiger partial charge in [0, 0.05) is 3.57 Å². The van der Waals surface area contributed by atoms with E-state index in [0.717, 1.165) is 5.92 Å². The largest absolute Gasteiger partial charge is 0.0622 e. The number of fused-ring (bicyclic) bond motifs is 1. The van der Waals surface area contributed by atoms with E-state index in [4.69, 9.17) is 0 Å². The molecule has 1 aliphatic rings. The summed E-state index contributed by atoms with van der Waals surface area (Å²) in [5.74, 6) is 0.881. The molecule has 0 saturated carbocycles. The fourth-order valence-corrected chi connectivity index (χ4v) is 2.90. The van der Waals surface area contributed by atoms with Crippen LogP contribution in [0.1, 0.15) is 30.0 Å². The molecule has 0 nitrogen and oxygen atoms in total. The number of aryl methyl sites for hydroxylation is 1. The molecule has 70 valence electrons. The highest BCUT2D eigenvalue weighted by Gasteiger charge is 2.17. The topological polar surface area (TPSA) is 0 Å². The molecule has 0 spiro atoms. The van der Waals surface area contributed by atoms with Crippen molar-refractivity contribution in [2.75, 3.05) is 0 Å². The fraction of sp³-hybridized carbons (Fsp3) is 0.500. The standard InChI is InChI=1S/C12H15I/c1-8-3-6-11-10(7-8)5-4-9(2)12(11)13/h4-5,8H,3,6-7H2,1-2H3. The van der Waals surface area contributed by atoms with Crippen LogP contribution in [0.4, 0.5) is 0 Å². The van der Waals surface area contributed by atoms with Crippen LogP contribution in [-0.4, -0.2) is 0 Å². The van der Waals surface area contributed by atoms with Crippen molar-refractivity contribution in [3.05, 3.63) is 32.4 Å². The van der Waals surface area contributed by atoms with E-state index in [1.54, 1.807) is 11.1 Å². The Morgan fingerprint density at radius 3 is 2.92 bits per heavy atom. The van der Waals surface area contributed by atoms with Gasteiger partial charge >= 0.3 is 0 Å². The molecule has 1 heteroatoms. The molecule has 2 rings (SSSR count). The summed E-state index contributed by atoms with van der Waals surface area (Å²) in [4.78, 5) is 0. The van der Waals surface area contributed by atoms with Gasteiger partial charge in [0.1, 0.15) is 0 Å². The van der Waals surface area contributed by atoms with Gasteiger partial charge in [0.25, 0.3) is 0 Å². The Morgan fingerprint density at radius 2 is 2.15 bits per heavy atom. The van der Waals surface area contributed by atoms with Crippen molar-refractivity contribution in [1.82, 2.24) is 0 Å². The zero-order chi connectivity index (χ0) is 9.42. The van der Waals surface area contributed by atoms with Gasteiger partial charge in [-0.2, -0.15) is 0 Å². The zero-order valence-electron chi connectivity index (χ0n) is 8.23. The number of halogens is 1. The summed E-state index contributed by atoms with van der Waals surface area (Å²) in [6.07, 6.45) is 3.94. The Balaban J connectivity index is 2.47. The van der Waals surface area contributed by atoms with E-state index in [1.807, 2.05) is 0 Å². The summed E-state index contributed by atoms with van der Waals surface area (Å²) in [6.45, 7) is 4.57. The van der Waals surface area contributed by atoms with Crippen LogP contribution in [0.15, 0.2) is 12.1 Å². The minimum Gasteiger partial charge on any atom is -0.0622 e. The van der Waals surface area contributed by atoms with Gasteiger partial charge in [0.15, 0.2) is 0 Å². The van der Waals surface area contributed by atoms with E-state index < -0.39 is 0 Å². The molecule has 0 aromatic heterocycles. The minimum atomic E-state index is 0.881. The Kier molecular flexibility index (Phi) is 2.63. The lowest BCUT2D eigenvalue weighted by Crippen LogP contribution is -2.13. The molecule has 1 aromatic carbocycles. The van der Waals surface area contributed by atoms with Gasteiger partial charge in [-0.3, -0.25) is 0 Å². The van der Waals surface area contributed by atoms with Crippen molar-refractivity contribution < 1.29 is 0 Å². The van der Waals surface area contributed by atoms with Gasteiger partial charge in [0.05, 0.1) is 0 Å². The van der Waals surface area contributed by atoms with Crippen LogP contribution >= 0.6 is 22.6 Å². The van der Waals surface area contributed by atoms with Crippen molar-refractivity contribution in [3.8, 4) is 0 Å². The van der Waals surface area contributed by atoms with E-state index in [1.165, 1.54) is 28.4 Å². The molecule has 0 N–H and O–H groups in total. The smallest absolute Gasteiger partial charge is 0.0194 e. The second-order valence-corrected chi connectivity index (χ2v) is 5.26. The van der Waals surface area contributed by atoms with Crippen molar-refractivity contribution in [1.29, 1.82) is 0 Å². The Morgan fingerprint density at radius 1 is 1.38 bits per heavy atom. The molecular formula is C12H15I. The molecule has 0 fully saturated rings. The van der Waals surface area contributed by atoms with E-state index in [-0.39, 0.29) is 0 Å². The maximum absolute atomic E-state index is 2.49. The summed E-state index contributed by atoms with van der Waals surface area (Å²) >= 11 is 2.49. The molecule has 13 heavy (non-hydrogen) atoms. The third-order valence-corrected chi connectivity index (χ3v) is 4.49. The first-order valence-corrected chi connectivity index (χ1v) is 6.03. The second kappa shape index (κ2) is 3.60. The number of benzene rings is 1. The van der Waals surface area contributed by atoms with Crippen LogP contribution in [0.25, 0.3) is 0 Å². The third-order valence-electron chi connectivity index (χ3n) is 2.99. The normalized spacial score (nSPS) is 21.3. The molecule has 0 bridgehead atoms. The zero-order valence-corrected chi connectivity index (χ0v) is 10.4. The lowest BCUT2D eigenvalue weighted by Gasteiger charge is -2.23. The predicted molar refractivity (Wildman–Crippen MR) is 65.1 cm³/mol. The first-order valence-electron chi connectivity index (χ1n) is 4.95. The highest BCUT2D eigenvalue weighted by Crippen LogP contribution is 2.30. The van der Waals surface area contributed by atoms with Crippen LogP contribution in [0, 0.1) is 16.4 Å². The van der Waals surface area contributed by atoms with Crippen molar-refractivity contribution in [2.45, 2.75) is 33.1 Å². The Labute approximate surface area is 93.9 Å². The molecule has 1 aromatic rings. The second-order valence-electron chi connectivity index (χ2n) is 4.18. The van der Waals surface area contributed by atoms with Crippen LogP contribution in [0.5, 0.6) is 0 Å². The monoisotopic (exact) mass is 286 g/mol. The number of rotatable bonds is 0. The molecular weight excluding hydrogens is 271 g/mol. The molecule has 0 amide bonds. The van der Waals surface area contributed by atoms with Crippen LogP contribution in [0.3, 0.4) is 0 Å². The Hall–Kier alpha value is -0.0500. The average Bonchev–Trinajstić information content (AvgIpc) is 2.12. The van der Waals surface area contributed by atoms with E-state index >= 15 is 0 Å². The molecule has 0 aliphatic heterocycles. The van der Waals surface area contributed by atoms with E-state index in [9.17, 15) is 0 Å². The third kappa shape index (κ3) is 1.76. The average molecular weight is 286 g/mol. The molecule has 0 heterocycles. The quantitative estimate of drug-likeness (QED) is 0.638. The molecule has 1 aliphatic carbocycles. The molecule has 1 unspecified atom stereocenters. The van der Waals surface area contributed by atoms with E-state index in [2.05, 4.69) is 48.6 Å². The first kappa shape index (κ1) is 9.50. The van der Waals surface area contributed by atoms with Crippen molar-refractivity contribution in [3.63, 3.8) is 0 Å². The highest BCUT2D eigenvalue weighted by molar-refractivity contribution is 14.1. The molecule has 0 saturated heterocycles. The first-order chi connectivity index (χ1) is 6.18. The summed E-state index contributed by atoms with van der Waals surface area (Å²) in [7, 11) is 0. The predicted octanol–water partition coefficient (Wildman–Crippen LogP) is 3.72. The molecule has 1 atom stereocenters. The Bertz CT molecular complexity index is 328. The van der Waals surface area contributed by atoms with Gasteiger partial charge in [-0.25, -0.2) is 0 Å². The molecule has 0 radical (unpaired) electrons.